The minimum atomic E-state index is -0.496. The van der Waals surface area contributed by atoms with Gasteiger partial charge in [-0.15, -0.1) is 0 Å². The Hall–Kier alpha value is -1.24. The van der Waals surface area contributed by atoms with Crippen molar-refractivity contribution in [2.24, 2.45) is 0 Å². The number of imidazole rings is 1. The molecule has 1 aromatic heterocycles. The lowest BCUT2D eigenvalue weighted by molar-refractivity contribution is 0.0152. The van der Waals surface area contributed by atoms with Gasteiger partial charge in [0.1, 0.15) is 5.75 Å². The third-order valence-corrected chi connectivity index (χ3v) is 3.80. The quantitative estimate of drug-likeness (QED) is 0.734. The van der Waals surface area contributed by atoms with Gasteiger partial charge in [-0.1, -0.05) is 11.8 Å². The molecule has 0 aliphatic carbocycles. The molecular formula is C15H22N2O3S. The number of thioether (sulfide) groups is 1. The van der Waals surface area contributed by atoms with E-state index in [-0.39, 0.29) is 6.10 Å². The average molecular weight is 310 g/mol. The molecule has 5 nitrogen and oxygen atoms in total. The normalized spacial score (nSPS) is 13.0. The van der Waals surface area contributed by atoms with E-state index in [9.17, 15) is 5.11 Å². The van der Waals surface area contributed by atoms with Crippen LogP contribution in [0.15, 0.2) is 23.4 Å². The van der Waals surface area contributed by atoms with E-state index in [2.05, 4.69) is 9.97 Å². The van der Waals surface area contributed by atoms with Crippen molar-refractivity contribution >= 4 is 22.8 Å². The highest BCUT2D eigenvalue weighted by atomic mass is 32.2. The van der Waals surface area contributed by atoms with Crippen LogP contribution in [0, 0.1) is 0 Å². The van der Waals surface area contributed by atoms with Gasteiger partial charge in [0.15, 0.2) is 5.16 Å². The molecule has 0 aliphatic rings. The molecular weight excluding hydrogens is 288 g/mol. The van der Waals surface area contributed by atoms with Crippen LogP contribution in [0.3, 0.4) is 0 Å². The van der Waals surface area contributed by atoms with Gasteiger partial charge in [0.2, 0.25) is 0 Å². The van der Waals surface area contributed by atoms with Crippen molar-refractivity contribution in [3.63, 3.8) is 0 Å². The van der Waals surface area contributed by atoms with Gasteiger partial charge in [-0.3, -0.25) is 0 Å². The number of nitrogens with one attached hydrogen (secondary N) is 1. The monoisotopic (exact) mass is 310 g/mol. The highest BCUT2D eigenvalue weighted by molar-refractivity contribution is 7.99. The predicted molar refractivity (Wildman–Crippen MR) is 85.1 cm³/mol. The van der Waals surface area contributed by atoms with Crippen molar-refractivity contribution in [1.29, 1.82) is 0 Å². The molecule has 21 heavy (non-hydrogen) atoms. The van der Waals surface area contributed by atoms with E-state index < -0.39 is 6.10 Å². The summed E-state index contributed by atoms with van der Waals surface area (Å²) >= 11 is 1.49. The topological polar surface area (TPSA) is 67.4 Å². The fourth-order valence-corrected chi connectivity index (χ4v) is 2.61. The third-order valence-electron chi connectivity index (χ3n) is 2.78. The maximum Gasteiger partial charge on any atom is 0.166 e. The first-order valence-electron chi connectivity index (χ1n) is 7.13. The van der Waals surface area contributed by atoms with Crippen LogP contribution < -0.4 is 4.74 Å². The lowest BCUT2D eigenvalue weighted by atomic mass is 10.3. The number of rotatable bonds is 8. The summed E-state index contributed by atoms with van der Waals surface area (Å²) in [5.74, 6) is 1.38. The Morgan fingerprint density at radius 3 is 2.90 bits per heavy atom. The van der Waals surface area contributed by atoms with Gasteiger partial charge >= 0.3 is 0 Å². The van der Waals surface area contributed by atoms with Crippen molar-refractivity contribution in [1.82, 2.24) is 9.97 Å². The fourth-order valence-electron chi connectivity index (χ4n) is 1.82. The molecule has 1 atom stereocenters. The largest absolute Gasteiger partial charge is 0.494 e. The van der Waals surface area contributed by atoms with E-state index in [4.69, 9.17) is 9.47 Å². The van der Waals surface area contributed by atoms with E-state index in [0.717, 1.165) is 21.9 Å². The molecule has 0 aliphatic heterocycles. The Kier molecular flexibility index (Phi) is 5.90. The smallest absolute Gasteiger partial charge is 0.166 e. The summed E-state index contributed by atoms with van der Waals surface area (Å²) in [5.41, 5.74) is 1.84. The summed E-state index contributed by atoms with van der Waals surface area (Å²) < 4.78 is 10.8. The summed E-state index contributed by atoms with van der Waals surface area (Å²) in [4.78, 5) is 7.72. The van der Waals surface area contributed by atoms with E-state index >= 15 is 0 Å². The second kappa shape index (κ2) is 7.68. The van der Waals surface area contributed by atoms with E-state index in [0.29, 0.717) is 19.0 Å². The molecule has 0 saturated heterocycles. The molecule has 1 unspecified atom stereocenters. The van der Waals surface area contributed by atoms with Gasteiger partial charge in [0, 0.05) is 11.8 Å². The van der Waals surface area contributed by atoms with E-state index in [1.807, 2.05) is 39.0 Å². The van der Waals surface area contributed by atoms with Crippen LogP contribution in [0.5, 0.6) is 5.75 Å². The first kappa shape index (κ1) is 16.1. The van der Waals surface area contributed by atoms with Crippen molar-refractivity contribution in [2.75, 3.05) is 19.0 Å². The van der Waals surface area contributed by atoms with Crippen LogP contribution >= 0.6 is 11.8 Å². The van der Waals surface area contributed by atoms with Crippen molar-refractivity contribution < 1.29 is 14.6 Å². The minimum absolute atomic E-state index is 0.132. The van der Waals surface area contributed by atoms with Crippen LogP contribution in [0.1, 0.15) is 20.8 Å². The molecule has 0 spiro atoms. The number of aromatic amines is 1. The van der Waals surface area contributed by atoms with Crippen molar-refractivity contribution in [3.05, 3.63) is 18.2 Å². The number of hydrogen-bond acceptors (Lipinski definition) is 5. The standard InChI is InChI=1S/C15H22N2O3S/c1-4-19-12-5-6-13-14(7-12)17-15(16-13)21-9-11(18)8-20-10(2)3/h5-7,10-11,18H,4,8-9H2,1-3H3,(H,16,17). The second-order valence-electron chi connectivity index (χ2n) is 5.00. The van der Waals surface area contributed by atoms with Gasteiger partial charge in [0.05, 0.1) is 36.5 Å². The molecule has 0 saturated carbocycles. The lowest BCUT2D eigenvalue weighted by Gasteiger charge is -2.12. The fraction of sp³-hybridized carbons (Fsp3) is 0.533. The van der Waals surface area contributed by atoms with Crippen molar-refractivity contribution in [2.45, 2.75) is 38.1 Å². The number of nitrogens with zero attached hydrogens (tertiary/aromatic N) is 1. The first-order chi connectivity index (χ1) is 10.1. The zero-order valence-electron chi connectivity index (χ0n) is 12.6. The zero-order chi connectivity index (χ0) is 15.2. The molecule has 0 amide bonds. The molecule has 0 radical (unpaired) electrons. The molecule has 116 valence electrons. The maximum atomic E-state index is 9.84. The molecule has 2 rings (SSSR count). The highest BCUT2D eigenvalue weighted by Crippen LogP contribution is 2.23. The number of aliphatic hydroxyl groups excluding tert-OH is 1. The van der Waals surface area contributed by atoms with Gasteiger partial charge < -0.3 is 19.6 Å². The molecule has 2 aromatic rings. The second-order valence-corrected chi connectivity index (χ2v) is 6.01. The Balaban J connectivity index is 1.93. The summed E-state index contributed by atoms with van der Waals surface area (Å²) in [5, 5.41) is 10.6. The number of ether oxygens (including phenoxy) is 2. The highest BCUT2D eigenvalue weighted by Gasteiger charge is 2.10. The minimum Gasteiger partial charge on any atom is -0.494 e. The molecule has 2 N–H and O–H groups in total. The number of hydrogen-bond donors (Lipinski definition) is 2. The van der Waals surface area contributed by atoms with Crippen LogP contribution in [-0.2, 0) is 4.74 Å². The molecule has 0 bridgehead atoms. The lowest BCUT2D eigenvalue weighted by Crippen LogP contribution is -2.20. The number of aromatic nitrogens is 2. The molecule has 6 heteroatoms. The van der Waals surface area contributed by atoms with Crippen LogP contribution in [-0.4, -0.2) is 46.2 Å². The number of aliphatic hydroxyl groups is 1. The maximum absolute atomic E-state index is 9.84. The Morgan fingerprint density at radius 2 is 2.19 bits per heavy atom. The Morgan fingerprint density at radius 1 is 1.38 bits per heavy atom. The summed E-state index contributed by atoms with van der Waals surface area (Å²) in [6.07, 6.45) is -0.363. The summed E-state index contributed by atoms with van der Waals surface area (Å²) in [6, 6.07) is 5.78. The van der Waals surface area contributed by atoms with Gasteiger partial charge in [-0.2, -0.15) is 0 Å². The Labute approximate surface area is 129 Å². The number of fused-ring (bicyclic) bond motifs is 1. The van der Waals surface area contributed by atoms with Crippen LogP contribution in [0.2, 0.25) is 0 Å². The summed E-state index contributed by atoms with van der Waals surface area (Å²) in [7, 11) is 0. The third kappa shape index (κ3) is 4.91. The average Bonchev–Trinajstić information content (AvgIpc) is 2.85. The van der Waals surface area contributed by atoms with Crippen LogP contribution in [0.4, 0.5) is 0 Å². The first-order valence-corrected chi connectivity index (χ1v) is 8.12. The van der Waals surface area contributed by atoms with Crippen LogP contribution in [0.25, 0.3) is 11.0 Å². The molecule has 1 aromatic carbocycles. The van der Waals surface area contributed by atoms with Crippen molar-refractivity contribution in [3.8, 4) is 5.75 Å². The SMILES string of the molecule is CCOc1ccc2nc(SCC(O)COC(C)C)[nH]c2c1. The predicted octanol–water partition coefficient (Wildman–Crippen LogP) is 2.84. The molecule has 1 heterocycles. The molecule has 0 fully saturated rings. The van der Waals surface area contributed by atoms with Gasteiger partial charge in [-0.25, -0.2) is 4.98 Å². The zero-order valence-corrected chi connectivity index (χ0v) is 13.4. The summed E-state index contributed by atoms with van der Waals surface area (Å²) in [6.45, 7) is 6.85. The Bertz CT molecular complexity index is 571. The van der Waals surface area contributed by atoms with Gasteiger partial charge in [-0.05, 0) is 32.9 Å². The van der Waals surface area contributed by atoms with Gasteiger partial charge in [0.25, 0.3) is 0 Å². The number of H-pyrrole nitrogens is 1. The number of benzene rings is 1. The van der Waals surface area contributed by atoms with E-state index in [1.165, 1.54) is 11.8 Å². The van der Waals surface area contributed by atoms with E-state index in [1.54, 1.807) is 0 Å².